The maximum Gasteiger partial charge on any atom is 0.236 e. The van der Waals surface area contributed by atoms with Crippen molar-refractivity contribution in [1.82, 2.24) is 24.7 Å². The predicted molar refractivity (Wildman–Crippen MR) is 111 cm³/mol. The van der Waals surface area contributed by atoms with Crippen molar-refractivity contribution < 1.29 is 9.53 Å². The van der Waals surface area contributed by atoms with Gasteiger partial charge in [0.15, 0.2) is 16.1 Å². The van der Waals surface area contributed by atoms with Crippen molar-refractivity contribution >= 4 is 45.0 Å². The SMILES string of the molecule is COCCn1c(SCC(=O)Nc2nccs2)nnc1-c1c[nH]c2ccccc12. The first-order valence-electron chi connectivity index (χ1n) is 8.57. The number of anilines is 1. The second kappa shape index (κ2) is 8.55. The van der Waals surface area contributed by atoms with Gasteiger partial charge >= 0.3 is 0 Å². The number of hydrogen-bond acceptors (Lipinski definition) is 7. The number of para-hydroxylation sites is 1. The van der Waals surface area contributed by atoms with E-state index >= 15 is 0 Å². The largest absolute Gasteiger partial charge is 0.383 e. The van der Waals surface area contributed by atoms with Crippen molar-refractivity contribution in [1.29, 1.82) is 0 Å². The lowest BCUT2D eigenvalue weighted by atomic mass is 10.1. The zero-order chi connectivity index (χ0) is 19.3. The third-order valence-electron chi connectivity index (χ3n) is 4.08. The summed E-state index contributed by atoms with van der Waals surface area (Å²) in [6.07, 6.45) is 3.59. The number of carbonyl (C=O) groups is 1. The van der Waals surface area contributed by atoms with Crippen molar-refractivity contribution in [2.24, 2.45) is 0 Å². The fourth-order valence-corrected chi connectivity index (χ4v) is 4.12. The van der Waals surface area contributed by atoms with E-state index in [1.165, 1.54) is 23.1 Å². The Morgan fingerprint density at radius 1 is 1.36 bits per heavy atom. The highest BCUT2D eigenvalue weighted by atomic mass is 32.2. The number of nitrogens with zero attached hydrogens (tertiary/aromatic N) is 4. The molecule has 0 spiro atoms. The van der Waals surface area contributed by atoms with E-state index in [1.807, 2.05) is 40.4 Å². The topological polar surface area (TPSA) is 97.7 Å². The number of nitrogens with one attached hydrogen (secondary N) is 2. The minimum absolute atomic E-state index is 0.130. The van der Waals surface area contributed by atoms with Crippen molar-refractivity contribution in [2.75, 3.05) is 24.8 Å². The van der Waals surface area contributed by atoms with E-state index in [4.69, 9.17) is 4.74 Å². The Morgan fingerprint density at radius 3 is 3.07 bits per heavy atom. The number of H-pyrrole nitrogens is 1. The highest BCUT2D eigenvalue weighted by Gasteiger charge is 2.18. The molecule has 0 saturated heterocycles. The van der Waals surface area contributed by atoms with Crippen LogP contribution in [-0.2, 0) is 16.1 Å². The number of aromatic nitrogens is 5. The van der Waals surface area contributed by atoms with Crippen LogP contribution in [0.2, 0.25) is 0 Å². The lowest BCUT2D eigenvalue weighted by Crippen LogP contribution is -2.15. The summed E-state index contributed by atoms with van der Waals surface area (Å²) in [6.45, 7) is 1.11. The van der Waals surface area contributed by atoms with Gasteiger partial charge in [-0.25, -0.2) is 4.98 Å². The molecular weight excluding hydrogens is 396 g/mol. The molecule has 0 radical (unpaired) electrons. The average molecular weight is 415 g/mol. The Balaban J connectivity index is 1.57. The van der Waals surface area contributed by atoms with E-state index < -0.39 is 0 Å². The maximum absolute atomic E-state index is 12.2. The van der Waals surface area contributed by atoms with Crippen LogP contribution in [0.25, 0.3) is 22.3 Å². The van der Waals surface area contributed by atoms with E-state index in [2.05, 4.69) is 25.5 Å². The Labute approximate surface area is 169 Å². The van der Waals surface area contributed by atoms with Gasteiger partial charge in [-0.1, -0.05) is 30.0 Å². The van der Waals surface area contributed by atoms with Gasteiger partial charge in [-0.3, -0.25) is 9.36 Å². The predicted octanol–water partition coefficient (Wildman–Crippen LogP) is 3.26. The van der Waals surface area contributed by atoms with Crippen LogP contribution >= 0.6 is 23.1 Å². The molecule has 3 aromatic heterocycles. The molecule has 4 aromatic rings. The average Bonchev–Trinajstić information content (AvgIpc) is 3.44. The third-order valence-corrected chi connectivity index (χ3v) is 5.73. The summed E-state index contributed by atoms with van der Waals surface area (Å²) in [7, 11) is 1.66. The minimum atomic E-state index is -0.130. The van der Waals surface area contributed by atoms with E-state index in [0.29, 0.717) is 23.4 Å². The van der Waals surface area contributed by atoms with E-state index in [1.54, 1.807) is 13.3 Å². The zero-order valence-electron chi connectivity index (χ0n) is 15.1. The van der Waals surface area contributed by atoms with Gasteiger partial charge in [-0.2, -0.15) is 0 Å². The summed E-state index contributed by atoms with van der Waals surface area (Å²) in [5.74, 6) is 0.839. The highest BCUT2D eigenvalue weighted by molar-refractivity contribution is 7.99. The van der Waals surface area contributed by atoms with Crippen LogP contribution < -0.4 is 5.32 Å². The molecule has 0 aliphatic rings. The van der Waals surface area contributed by atoms with E-state index in [-0.39, 0.29) is 11.7 Å². The standard InChI is InChI=1S/C18H18N6O2S2/c1-26-8-7-24-16(13-10-20-14-5-3-2-4-12(13)14)22-23-18(24)28-11-15(25)21-17-19-6-9-27-17/h2-6,9-10,20H,7-8,11H2,1H3,(H,19,21,25). The summed E-state index contributed by atoms with van der Waals surface area (Å²) in [5.41, 5.74) is 2.01. The molecular formula is C18H18N6O2S2. The fraction of sp³-hybridized carbons (Fsp3) is 0.222. The van der Waals surface area contributed by atoms with Crippen LogP contribution in [0.4, 0.5) is 5.13 Å². The Hall–Kier alpha value is -2.69. The quantitative estimate of drug-likeness (QED) is 0.430. The third kappa shape index (κ3) is 3.93. The second-order valence-corrected chi connectivity index (χ2v) is 7.71. The number of hydrogen-bond donors (Lipinski definition) is 2. The molecule has 1 amide bonds. The summed E-state index contributed by atoms with van der Waals surface area (Å²) in [6, 6.07) is 8.05. The van der Waals surface area contributed by atoms with E-state index in [9.17, 15) is 4.79 Å². The van der Waals surface area contributed by atoms with Gasteiger partial charge in [0, 0.05) is 41.3 Å². The highest BCUT2D eigenvalue weighted by Crippen LogP contribution is 2.30. The lowest BCUT2D eigenvalue weighted by molar-refractivity contribution is -0.113. The van der Waals surface area contributed by atoms with Gasteiger partial charge in [-0.15, -0.1) is 21.5 Å². The Morgan fingerprint density at radius 2 is 2.25 bits per heavy atom. The summed E-state index contributed by atoms with van der Waals surface area (Å²) in [4.78, 5) is 19.5. The normalized spacial score (nSPS) is 11.2. The smallest absolute Gasteiger partial charge is 0.236 e. The van der Waals surface area contributed by atoms with Crippen LogP contribution in [0.3, 0.4) is 0 Å². The number of carbonyl (C=O) groups excluding carboxylic acids is 1. The van der Waals surface area contributed by atoms with Crippen molar-refractivity contribution in [3.8, 4) is 11.4 Å². The van der Waals surface area contributed by atoms with Crippen LogP contribution in [-0.4, -0.2) is 50.1 Å². The fourth-order valence-electron chi connectivity index (χ4n) is 2.81. The lowest BCUT2D eigenvalue weighted by Gasteiger charge is -2.09. The van der Waals surface area contributed by atoms with Gasteiger partial charge in [0.2, 0.25) is 5.91 Å². The summed E-state index contributed by atoms with van der Waals surface area (Å²) in [5, 5.41) is 15.6. The van der Waals surface area contributed by atoms with Gasteiger partial charge < -0.3 is 15.0 Å². The first-order chi connectivity index (χ1) is 13.8. The second-order valence-electron chi connectivity index (χ2n) is 5.87. The zero-order valence-corrected chi connectivity index (χ0v) is 16.7. The number of rotatable bonds is 8. The van der Waals surface area contributed by atoms with Gasteiger partial charge in [0.1, 0.15) is 0 Å². The molecule has 0 atom stereocenters. The monoisotopic (exact) mass is 414 g/mol. The molecule has 0 bridgehead atoms. The molecule has 3 heterocycles. The first kappa shape index (κ1) is 18.7. The first-order valence-corrected chi connectivity index (χ1v) is 10.4. The van der Waals surface area contributed by atoms with Crippen LogP contribution in [0.5, 0.6) is 0 Å². The van der Waals surface area contributed by atoms with Gasteiger partial charge in [0.05, 0.1) is 18.9 Å². The molecule has 28 heavy (non-hydrogen) atoms. The van der Waals surface area contributed by atoms with Gasteiger partial charge in [0.25, 0.3) is 0 Å². The van der Waals surface area contributed by atoms with Crippen LogP contribution in [0, 0.1) is 0 Å². The Kier molecular flexibility index (Phi) is 5.70. The number of fused-ring (bicyclic) bond motifs is 1. The molecule has 144 valence electrons. The number of thiazole rings is 1. The summed E-state index contributed by atoms with van der Waals surface area (Å²) >= 11 is 2.72. The number of aromatic amines is 1. The summed E-state index contributed by atoms with van der Waals surface area (Å²) < 4.78 is 7.23. The number of ether oxygens (including phenoxy) is 1. The van der Waals surface area contributed by atoms with Crippen molar-refractivity contribution in [3.05, 3.63) is 42.0 Å². The van der Waals surface area contributed by atoms with Crippen molar-refractivity contribution in [2.45, 2.75) is 11.7 Å². The number of benzene rings is 1. The molecule has 4 rings (SSSR count). The minimum Gasteiger partial charge on any atom is -0.383 e. The van der Waals surface area contributed by atoms with E-state index in [0.717, 1.165) is 22.3 Å². The van der Waals surface area contributed by atoms with Crippen LogP contribution in [0.15, 0.2) is 47.2 Å². The molecule has 2 N–H and O–H groups in total. The van der Waals surface area contributed by atoms with Crippen molar-refractivity contribution in [3.63, 3.8) is 0 Å². The molecule has 0 fully saturated rings. The molecule has 0 unspecified atom stereocenters. The number of methoxy groups -OCH3 is 1. The number of amides is 1. The van der Waals surface area contributed by atoms with Crippen LogP contribution in [0.1, 0.15) is 0 Å². The maximum atomic E-state index is 12.2. The molecule has 1 aromatic carbocycles. The molecule has 0 aliphatic carbocycles. The molecule has 8 nitrogen and oxygen atoms in total. The van der Waals surface area contributed by atoms with Gasteiger partial charge in [-0.05, 0) is 6.07 Å². The molecule has 10 heteroatoms. The number of thioether (sulfide) groups is 1. The molecule has 0 aliphatic heterocycles. The Bertz CT molecular complexity index is 1070. The molecule has 0 saturated carbocycles.